The van der Waals surface area contributed by atoms with Crippen LogP contribution in [0.15, 0.2) is 78.9 Å². The predicted molar refractivity (Wildman–Crippen MR) is 102 cm³/mol. The van der Waals surface area contributed by atoms with Crippen molar-refractivity contribution in [3.8, 4) is 11.5 Å². The monoisotopic (exact) mass is 333 g/mol. The standard InChI is InChI=1S/C22H23NO2/c1-18-6-5-7-19(16-18)17-23-20-10-12-22(13-11-20)25-15-14-24-21-8-3-2-4-9-21/h2-13,16,23H,14-15,17H2,1H3. The molecule has 0 radical (unpaired) electrons. The number of benzene rings is 3. The maximum Gasteiger partial charge on any atom is 0.122 e. The average Bonchev–Trinajstić information content (AvgIpc) is 2.65. The number of aryl methyl sites for hydroxylation is 1. The summed E-state index contributed by atoms with van der Waals surface area (Å²) in [4.78, 5) is 0. The van der Waals surface area contributed by atoms with Crippen molar-refractivity contribution in [3.05, 3.63) is 90.0 Å². The van der Waals surface area contributed by atoms with E-state index in [-0.39, 0.29) is 0 Å². The molecule has 25 heavy (non-hydrogen) atoms. The molecule has 0 spiro atoms. The Morgan fingerprint density at radius 1 is 0.720 bits per heavy atom. The largest absolute Gasteiger partial charge is 0.490 e. The van der Waals surface area contributed by atoms with Crippen molar-refractivity contribution < 1.29 is 9.47 Å². The highest BCUT2D eigenvalue weighted by Gasteiger charge is 1.98. The first-order chi connectivity index (χ1) is 12.3. The molecule has 0 aliphatic rings. The molecule has 0 amide bonds. The van der Waals surface area contributed by atoms with Gasteiger partial charge in [-0.25, -0.2) is 0 Å². The normalized spacial score (nSPS) is 10.3. The van der Waals surface area contributed by atoms with Gasteiger partial charge >= 0.3 is 0 Å². The van der Waals surface area contributed by atoms with Crippen molar-refractivity contribution >= 4 is 5.69 Å². The molecule has 0 heterocycles. The van der Waals surface area contributed by atoms with Crippen molar-refractivity contribution in [2.24, 2.45) is 0 Å². The lowest BCUT2D eigenvalue weighted by molar-refractivity contribution is 0.217. The summed E-state index contributed by atoms with van der Waals surface area (Å²) in [5, 5.41) is 3.42. The van der Waals surface area contributed by atoms with E-state index in [2.05, 4.69) is 36.5 Å². The number of nitrogens with one attached hydrogen (secondary N) is 1. The van der Waals surface area contributed by atoms with Crippen LogP contribution in [0, 0.1) is 6.92 Å². The number of hydrogen-bond acceptors (Lipinski definition) is 3. The summed E-state index contributed by atoms with van der Waals surface area (Å²) in [5.74, 6) is 1.71. The molecule has 1 N–H and O–H groups in total. The molecule has 3 nitrogen and oxygen atoms in total. The smallest absolute Gasteiger partial charge is 0.122 e. The molecule has 128 valence electrons. The first-order valence-electron chi connectivity index (χ1n) is 8.50. The van der Waals surface area contributed by atoms with Gasteiger partial charge in [-0.15, -0.1) is 0 Å². The lowest BCUT2D eigenvalue weighted by Gasteiger charge is -2.10. The van der Waals surface area contributed by atoms with Gasteiger partial charge in [0.2, 0.25) is 0 Å². The van der Waals surface area contributed by atoms with E-state index in [0.29, 0.717) is 13.2 Å². The fourth-order valence-corrected chi connectivity index (χ4v) is 2.53. The molecule has 0 saturated carbocycles. The van der Waals surface area contributed by atoms with E-state index in [1.54, 1.807) is 0 Å². The lowest BCUT2D eigenvalue weighted by Crippen LogP contribution is -2.08. The van der Waals surface area contributed by atoms with E-state index >= 15 is 0 Å². The van der Waals surface area contributed by atoms with Gasteiger partial charge in [0.05, 0.1) is 0 Å². The van der Waals surface area contributed by atoms with Crippen LogP contribution in [0.5, 0.6) is 11.5 Å². The van der Waals surface area contributed by atoms with Crippen LogP contribution in [-0.4, -0.2) is 13.2 Å². The summed E-state index contributed by atoms with van der Waals surface area (Å²) in [6.45, 7) is 3.96. The van der Waals surface area contributed by atoms with Crippen LogP contribution in [0.3, 0.4) is 0 Å². The highest BCUT2D eigenvalue weighted by Crippen LogP contribution is 2.17. The highest BCUT2D eigenvalue weighted by atomic mass is 16.5. The topological polar surface area (TPSA) is 30.5 Å². The Morgan fingerprint density at radius 3 is 2.08 bits per heavy atom. The third-order valence-electron chi connectivity index (χ3n) is 3.80. The van der Waals surface area contributed by atoms with Crippen LogP contribution in [0.2, 0.25) is 0 Å². The molecule has 3 aromatic carbocycles. The van der Waals surface area contributed by atoms with Gasteiger partial charge in [0.25, 0.3) is 0 Å². The zero-order valence-electron chi connectivity index (χ0n) is 14.4. The van der Waals surface area contributed by atoms with Crippen molar-refractivity contribution in [1.82, 2.24) is 0 Å². The number of rotatable bonds is 8. The minimum Gasteiger partial charge on any atom is -0.490 e. The molecule has 0 aliphatic heterocycles. The second kappa shape index (κ2) is 8.78. The van der Waals surface area contributed by atoms with Crippen molar-refractivity contribution in [1.29, 1.82) is 0 Å². The van der Waals surface area contributed by atoms with Crippen LogP contribution in [0.25, 0.3) is 0 Å². The summed E-state index contributed by atoms with van der Waals surface area (Å²) in [6.07, 6.45) is 0. The Labute approximate surface area is 149 Å². The molecular formula is C22H23NO2. The molecular weight excluding hydrogens is 310 g/mol. The van der Waals surface area contributed by atoms with E-state index in [0.717, 1.165) is 23.7 Å². The van der Waals surface area contributed by atoms with Crippen molar-refractivity contribution in [2.75, 3.05) is 18.5 Å². The maximum absolute atomic E-state index is 5.71. The van der Waals surface area contributed by atoms with E-state index in [9.17, 15) is 0 Å². The Morgan fingerprint density at radius 2 is 1.40 bits per heavy atom. The Kier molecular flexibility index (Phi) is 5.94. The van der Waals surface area contributed by atoms with E-state index in [4.69, 9.17) is 9.47 Å². The molecule has 3 rings (SSSR count). The zero-order chi connectivity index (χ0) is 17.3. The van der Waals surface area contributed by atoms with Gasteiger partial charge in [0, 0.05) is 12.2 Å². The third kappa shape index (κ3) is 5.57. The number of para-hydroxylation sites is 1. The van der Waals surface area contributed by atoms with Gasteiger partial charge in [-0.1, -0.05) is 48.0 Å². The van der Waals surface area contributed by atoms with Gasteiger partial charge in [0.1, 0.15) is 24.7 Å². The third-order valence-corrected chi connectivity index (χ3v) is 3.80. The summed E-state index contributed by atoms with van der Waals surface area (Å²) in [7, 11) is 0. The van der Waals surface area contributed by atoms with Gasteiger partial charge in [-0.05, 0) is 48.9 Å². The fourth-order valence-electron chi connectivity index (χ4n) is 2.53. The van der Waals surface area contributed by atoms with Crippen LogP contribution >= 0.6 is 0 Å². The quantitative estimate of drug-likeness (QED) is 0.584. The summed E-state index contributed by atoms with van der Waals surface area (Å²) >= 11 is 0. The van der Waals surface area contributed by atoms with Gasteiger partial charge in [-0.2, -0.15) is 0 Å². The number of anilines is 1. The molecule has 0 unspecified atom stereocenters. The van der Waals surface area contributed by atoms with Gasteiger partial charge in [0.15, 0.2) is 0 Å². The lowest BCUT2D eigenvalue weighted by atomic mass is 10.1. The van der Waals surface area contributed by atoms with Crippen LogP contribution < -0.4 is 14.8 Å². The van der Waals surface area contributed by atoms with Gasteiger partial charge < -0.3 is 14.8 Å². The number of ether oxygens (including phenoxy) is 2. The second-order valence-corrected chi connectivity index (χ2v) is 5.88. The minimum atomic E-state index is 0.519. The Bertz CT molecular complexity index is 770. The average molecular weight is 333 g/mol. The summed E-state index contributed by atoms with van der Waals surface area (Å²) < 4.78 is 11.3. The molecule has 3 aromatic rings. The van der Waals surface area contributed by atoms with Gasteiger partial charge in [-0.3, -0.25) is 0 Å². The van der Waals surface area contributed by atoms with Crippen molar-refractivity contribution in [2.45, 2.75) is 13.5 Å². The van der Waals surface area contributed by atoms with Crippen LogP contribution in [0.4, 0.5) is 5.69 Å². The zero-order valence-corrected chi connectivity index (χ0v) is 14.4. The first-order valence-corrected chi connectivity index (χ1v) is 8.50. The highest BCUT2D eigenvalue weighted by molar-refractivity contribution is 5.46. The molecule has 0 atom stereocenters. The minimum absolute atomic E-state index is 0.519. The van der Waals surface area contributed by atoms with Crippen molar-refractivity contribution in [3.63, 3.8) is 0 Å². The SMILES string of the molecule is Cc1cccc(CNc2ccc(OCCOc3ccccc3)cc2)c1. The Hall–Kier alpha value is -2.94. The number of hydrogen-bond donors (Lipinski definition) is 1. The summed E-state index contributed by atoms with van der Waals surface area (Å²) in [6, 6.07) is 26.3. The maximum atomic E-state index is 5.71. The fraction of sp³-hybridized carbons (Fsp3) is 0.182. The predicted octanol–water partition coefficient (Wildman–Crippen LogP) is 5.06. The molecule has 0 fully saturated rings. The van der Waals surface area contributed by atoms with Crippen LogP contribution in [0.1, 0.15) is 11.1 Å². The molecule has 0 bridgehead atoms. The van der Waals surface area contributed by atoms with Crippen LogP contribution in [-0.2, 0) is 6.54 Å². The van der Waals surface area contributed by atoms with E-state index in [1.807, 2.05) is 54.6 Å². The van der Waals surface area contributed by atoms with E-state index in [1.165, 1.54) is 11.1 Å². The van der Waals surface area contributed by atoms with E-state index < -0.39 is 0 Å². The first kappa shape index (κ1) is 16.9. The second-order valence-electron chi connectivity index (χ2n) is 5.88. The molecule has 0 aliphatic carbocycles. The Balaban J connectivity index is 1.41. The molecule has 0 saturated heterocycles. The molecule has 0 aromatic heterocycles. The summed E-state index contributed by atoms with van der Waals surface area (Å²) in [5.41, 5.74) is 3.63. The molecule has 3 heteroatoms.